The average molecular weight is 200 g/mol. The van der Waals surface area contributed by atoms with Gasteiger partial charge in [-0.3, -0.25) is 0 Å². The minimum Gasteiger partial charge on any atom is -0.393 e. The largest absolute Gasteiger partial charge is 0.393 e. The number of hydrogen-bond acceptors (Lipinski definition) is 3. The summed E-state index contributed by atoms with van der Waals surface area (Å²) < 4.78 is 0. The number of likely N-dealkylation sites (tertiary alicyclic amines) is 1. The molecule has 3 nitrogen and oxygen atoms in total. The molecule has 0 aliphatic carbocycles. The van der Waals surface area contributed by atoms with Crippen molar-refractivity contribution in [3.8, 4) is 0 Å². The van der Waals surface area contributed by atoms with Gasteiger partial charge in [0.25, 0.3) is 0 Å². The molecule has 0 saturated carbocycles. The number of hydrogen-bond donors (Lipinski definition) is 2. The van der Waals surface area contributed by atoms with Crippen molar-refractivity contribution < 1.29 is 5.11 Å². The van der Waals surface area contributed by atoms with Crippen molar-refractivity contribution in [1.82, 2.24) is 10.2 Å². The van der Waals surface area contributed by atoms with Crippen molar-refractivity contribution in [2.24, 2.45) is 5.41 Å². The maximum Gasteiger partial charge on any atom is 0.0564 e. The molecule has 0 atom stereocenters. The van der Waals surface area contributed by atoms with E-state index in [-0.39, 0.29) is 6.10 Å². The van der Waals surface area contributed by atoms with Gasteiger partial charge >= 0.3 is 0 Å². The van der Waals surface area contributed by atoms with Gasteiger partial charge in [-0.15, -0.1) is 0 Å². The number of rotatable bonds is 4. The summed E-state index contributed by atoms with van der Waals surface area (Å²) in [5, 5.41) is 12.6. The average Bonchev–Trinajstić information content (AvgIpc) is 2.08. The fourth-order valence-electron chi connectivity index (χ4n) is 2.22. The maximum atomic E-state index is 9.39. The number of nitrogens with zero attached hydrogens (tertiary/aromatic N) is 1. The SMILES string of the molecule is CNCC(C)(C)CN1CCC(O)CC1. The normalized spacial score (nSPS) is 21.4. The Labute approximate surface area is 87.5 Å². The first-order valence-electron chi connectivity index (χ1n) is 5.58. The molecule has 0 bridgehead atoms. The Balaban J connectivity index is 2.29. The lowest BCUT2D eigenvalue weighted by Gasteiger charge is -2.36. The summed E-state index contributed by atoms with van der Waals surface area (Å²) in [6, 6.07) is 0. The third kappa shape index (κ3) is 3.95. The molecule has 1 saturated heterocycles. The molecule has 1 heterocycles. The van der Waals surface area contributed by atoms with Crippen LogP contribution in [0.5, 0.6) is 0 Å². The highest BCUT2D eigenvalue weighted by atomic mass is 16.3. The summed E-state index contributed by atoms with van der Waals surface area (Å²) in [7, 11) is 2.00. The second-order valence-electron chi connectivity index (χ2n) is 5.20. The van der Waals surface area contributed by atoms with Gasteiger partial charge in [-0.1, -0.05) is 13.8 Å². The van der Waals surface area contributed by atoms with E-state index >= 15 is 0 Å². The van der Waals surface area contributed by atoms with Gasteiger partial charge < -0.3 is 15.3 Å². The summed E-state index contributed by atoms with van der Waals surface area (Å²) in [5.74, 6) is 0. The third-order valence-electron chi connectivity index (χ3n) is 2.86. The summed E-state index contributed by atoms with van der Waals surface area (Å²) in [6.45, 7) is 8.85. The second-order valence-corrected chi connectivity index (χ2v) is 5.20. The van der Waals surface area contributed by atoms with E-state index in [1.165, 1.54) is 0 Å². The smallest absolute Gasteiger partial charge is 0.0564 e. The van der Waals surface area contributed by atoms with Gasteiger partial charge in [-0.25, -0.2) is 0 Å². The highest BCUT2D eigenvalue weighted by Gasteiger charge is 2.24. The molecule has 1 aliphatic rings. The van der Waals surface area contributed by atoms with Gasteiger partial charge in [0.05, 0.1) is 6.10 Å². The molecule has 0 aromatic carbocycles. The predicted molar refractivity (Wildman–Crippen MR) is 59.4 cm³/mol. The minimum atomic E-state index is -0.0568. The first-order chi connectivity index (χ1) is 6.53. The molecule has 0 amide bonds. The van der Waals surface area contributed by atoms with Crippen LogP contribution in [0.3, 0.4) is 0 Å². The van der Waals surface area contributed by atoms with Gasteiger partial charge in [-0.2, -0.15) is 0 Å². The maximum absolute atomic E-state index is 9.39. The number of aliphatic hydroxyl groups excluding tert-OH is 1. The van der Waals surface area contributed by atoms with E-state index in [4.69, 9.17) is 0 Å². The molecule has 84 valence electrons. The standard InChI is InChI=1S/C11H24N2O/c1-11(2,8-12-3)9-13-6-4-10(14)5-7-13/h10,12,14H,4-9H2,1-3H3. The molecule has 0 spiro atoms. The van der Waals surface area contributed by atoms with Crippen LogP contribution in [-0.2, 0) is 0 Å². The molecule has 0 aromatic heterocycles. The molecular weight excluding hydrogens is 176 g/mol. The number of nitrogens with one attached hydrogen (secondary N) is 1. The summed E-state index contributed by atoms with van der Waals surface area (Å²) in [4.78, 5) is 2.46. The van der Waals surface area contributed by atoms with Crippen LogP contribution < -0.4 is 5.32 Å². The van der Waals surface area contributed by atoms with E-state index < -0.39 is 0 Å². The zero-order valence-corrected chi connectivity index (χ0v) is 9.71. The van der Waals surface area contributed by atoms with Crippen LogP contribution in [0, 0.1) is 5.41 Å². The van der Waals surface area contributed by atoms with E-state index in [0.29, 0.717) is 5.41 Å². The Kier molecular flexibility index (Phi) is 4.35. The lowest BCUT2D eigenvalue weighted by atomic mass is 9.91. The Morgan fingerprint density at radius 2 is 1.93 bits per heavy atom. The zero-order valence-electron chi connectivity index (χ0n) is 9.71. The van der Waals surface area contributed by atoms with Crippen LogP contribution in [0.15, 0.2) is 0 Å². The first kappa shape index (κ1) is 12.0. The molecule has 2 N–H and O–H groups in total. The van der Waals surface area contributed by atoms with Crippen LogP contribution in [0.25, 0.3) is 0 Å². The Morgan fingerprint density at radius 3 is 2.43 bits per heavy atom. The van der Waals surface area contributed by atoms with E-state index in [9.17, 15) is 5.11 Å². The highest BCUT2D eigenvalue weighted by Crippen LogP contribution is 2.19. The van der Waals surface area contributed by atoms with Gasteiger partial charge in [0.15, 0.2) is 0 Å². The van der Waals surface area contributed by atoms with Crippen LogP contribution in [-0.4, -0.2) is 49.3 Å². The fourth-order valence-corrected chi connectivity index (χ4v) is 2.22. The van der Waals surface area contributed by atoms with E-state index in [2.05, 4.69) is 24.1 Å². The van der Waals surface area contributed by atoms with Crippen molar-refractivity contribution in [2.75, 3.05) is 33.2 Å². The van der Waals surface area contributed by atoms with Gasteiger partial charge in [-0.05, 0) is 25.3 Å². The van der Waals surface area contributed by atoms with Crippen molar-refractivity contribution in [3.63, 3.8) is 0 Å². The molecule has 1 rings (SSSR count). The molecule has 1 aliphatic heterocycles. The minimum absolute atomic E-state index is 0.0568. The first-order valence-corrected chi connectivity index (χ1v) is 5.58. The van der Waals surface area contributed by atoms with Crippen molar-refractivity contribution in [3.05, 3.63) is 0 Å². The summed E-state index contributed by atoms with van der Waals surface area (Å²) >= 11 is 0. The van der Waals surface area contributed by atoms with Crippen molar-refractivity contribution in [2.45, 2.75) is 32.8 Å². The van der Waals surface area contributed by atoms with Crippen LogP contribution in [0.4, 0.5) is 0 Å². The summed E-state index contributed by atoms with van der Waals surface area (Å²) in [6.07, 6.45) is 1.82. The number of aliphatic hydroxyl groups is 1. The van der Waals surface area contributed by atoms with E-state index in [1.54, 1.807) is 0 Å². The van der Waals surface area contributed by atoms with Gasteiger partial charge in [0, 0.05) is 26.2 Å². The Morgan fingerprint density at radius 1 is 1.36 bits per heavy atom. The van der Waals surface area contributed by atoms with Crippen molar-refractivity contribution >= 4 is 0 Å². The molecule has 0 unspecified atom stereocenters. The number of piperidine rings is 1. The lowest BCUT2D eigenvalue weighted by molar-refractivity contribution is 0.0635. The quantitative estimate of drug-likeness (QED) is 0.701. The molecular formula is C11H24N2O. The van der Waals surface area contributed by atoms with Gasteiger partial charge in [0.1, 0.15) is 0 Å². The Bertz CT molecular complexity index is 163. The second kappa shape index (κ2) is 5.10. The third-order valence-corrected chi connectivity index (χ3v) is 2.86. The fraction of sp³-hybridized carbons (Fsp3) is 1.00. The van der Waals surface area contributed by atoms with E-state index in [1.807, 2.05) is 7.05 Å². The molecule has 0 radical (unpaired) electrons. The van der Waals surface area contributed by atoms with Crippen LogP contribution >= 0.6 is 0 Å². The van der Waals surface area contributed by atoms with Crippen LogP contribution in [0.2, 0.25) is 0 Å². The molecule has 1 fully saturated rings. The topological polar surface area (TPSA) is 35.5 Å². The van der Waals surface area contributed by atoms with E-state index in [0.717, 1.165) is 39.0 Å². The Hall–Kier alpha value is -0.120. The van der Waals surface area contributed by atoms with Gasteiger partial charge in [0.2, 0.25) is 0 Å². The highest BCUT2D eigenvalue weighted by molar-refractivity contribution is 4.79. The molecule has 3 heteroatoms. The predicted octanol–water partition coefficient (Wildman–Crippen LogP) is 0.689. The zero-order chi connectivity index (χ0) is 10.6. The lowest BCUT2D eigenvalue weighted by Crippen LogP contribution is -2.44. The van der Waals surface area contributed by atoms with Crippen LogP contribution in [0.1, 0.15) is 26.7 Å². The van der Waals surface area contributed by atoms with Crippen molar-refractivity contribution in [1.29, 1.82) is 0 Å². The molecule has 14 heavy (non-hydrogen) atoms. The molecule has 0 aromatic rings. The monoisotopic (exact) mass is 200 g/mol. The summed E-state index contributed by atoms with van der Waals surface area (Å²) in [5.41, 5.74) is 0.330.